The average Bonchev–Trinajstić information content (AvgIpc) is 2.46. The van der Waals surface area contributed by atoms with Crippen LogP contribution in [0.2, 0.25) is 0 Å². The summed E-state index contributed by atoms with van der Waals surface area (Å²) < 4.78 is 5.55. The molecule has 1 amide bonds. The Morgan fingerprint density at radius 2 is 2.29 bits per heavy atom. The molecule has 0 bridgehead atoms. The van der Waals surface area contributed by atoms with E-state index in [4.69, 9.17) is 4.74 Å². The van der Waals surface area contributed by atoms with Gasteiger partial charge in [0.1, 0.15) is 6.04 Å². The van der Waals surface area contributed by atoms with Crippen LogP contribution in [0.25, 0.3) is 0 Å². The first kappa shape index (κ1) is 16.3. The van der Waals surface area contributed by atoms with Gasteiger partial charge in [-0.1, -0.05) is 32.9 Å². The number of thioether (sulfide) groups is 1. The molecule has 0 aliphatic carbocycles. The highest BCUT2D eigenvalue weighted by Crippen LogP contribution is 2.27. The van der Waals surface area contributed by atoms with Crippen molar-refractivity contribution in [1.29, 1.82) is 0 Å². The van der Waals surface area contributed by atoms with E-state index < -0.39 is 0 Å². The number of hydrogen-bond acceptors (Lipinski definition) is 4. The molecule has 1 aromatic carbocycles. The van der Waals surface area contributed by atoms with E-state index in [9.17, 15) is 4.79 Å². The molecule has 1 aliphatic rings. The number of nitrogens with one attached hydrogen (secondary N) is 2. The molecule has 0 radical (unpaired) electrons. The molecule has 1 saturated heterocycles. The lowest BCUT2D eigenvalue weighted by molar-refractivity contribution is -0.120. The molecule has 1 fully saturated rings. The van der Waals surface area contributed by atoms with Gasteiger partial charge in [0.2, 0.25) is 5.91 Å². The van der Waals surface area contributed by atoms with Crippen LogP contribution in [0.4, 0.5) is 5.69 Å². The maximum absolute atomic E-state index is 12.1. The Morgan fingerprint density at radius 3 is 2.95 bits per heavy atom. The Balaban J connectivity index is 1.92. The first-order valence-electron chi connectivity index (χ1n) is 7.29. The molecular weight excluding hydrogens is 284 g/mol. The van der Waals surface area contributed by atoms with Gasteiger partial charge in [-0.15, -0.1) is 0 Å². The minimum Gasteiger partial charge on any atom is -0.378 e. The van der Waals surface area contributed by atoms with Crippen molar-refractivity contribution in [2.45, 2.75) is 37.3 Å². The fourth-order valence-corrected chi connectivity index (χ4v) is 2.78. The first-order valence-corrected chi connectivity index (χ1v) is 8.27. The van der Waals surface area contributed by atoms with Gasteiger partial charge in [-0.3, -0.25) is 4.79 Å². The summed E-state index contributed by atoms with van der Waals surface area (Å²) in [6, 6.07) is 7.79. The molecule has 116 valence electrons. The molecule has 1 atom stereocenters. The van der Waals surface area contributed by atoms with Crippen molar-refractivity contribution in [2.75, 3.05) is 25.1 Å². The highest BCUT2D eigenvalue weighted by Gasteiger charge is 2.21. The average molecular weight is 308 g/mol. The van der Waals surface area contributed by atoms with Gasteiger partial charge in [0.15, 0.2) is 0 Å². The first-order chi connectivity index (χ1) is 9.94. The third-order valence-electron chi connectivity index (χ3n) is 3.10. The second-order valence-electron chi connectivity index (χ2n) is 6.17. The number of carbonyl (C=O) groups is 1. The second-order valence-corrected chi connectivity index (χ2v) is 7.97. The molecule has 0 saturated carbocycles. The smallest absolute Gasteiger partial charge is 0.243 e. The molecule has 5 heteroatoms. The van der Waals surface area contributed by atoms with Gasteiger partial charge in [0.05, 0.1) is 13.2 Å². The highest BCUT2D eigenvalue weighted by molar-refractivity contribution is 7.99. The Bertz CT molecular complexity index is 479. The fourth-order valence-electron chi connectivity index (χ4n) is 2.00. The van der Waals surface area contributed by atoms with E-state index in [0.29, 0.717) is 13.2 Å². The van der Waals surface area contributed by atoms with Crippen LogP contribution in [0.1, 0.15) is 26.3 Å². The third-order valence-corrected chi connectivity index (χ3v) is 4.45. The Hall–Kier alpha value is -1.04. The number of hydrogen-bond donors (Lipinski definition) is 2. The monoisotopic (exact) mass is 308 g/mol. The molecule has 1 unspecified atom stereocenters. The van der Waals surface area contributed by atoms with Crippen LogP contribution in [0, 0.1) is 0 Å². The molecule has 2 N–H and O–H groups in total. The van der Waals surface area contributed by atoms with E-state index in [-0.39, 0.29) is 16.7 Å². The van der Waals surface area contributed by atoms with Crippen LogP contribution < -0.4 is 10.6 Å². The van der Waals surface area contributed by atoms with Crippen LogP contribution in [-0.2, 0) is 15.3 Å². The summed E-state index contributed by atoms with van der Waals surface area (Å²) in [7, 11) is 0. The van der Waals surface area contributed by atoms with Gasteiger partial charge in [0, 0.05) is 22.7 Å². The van der Waals surface area contributed by atoms with Gasteiger partial charge >= 0.3 is 0 Å². The summed E-state index contributed by atoms with van der Waals surface area (Å²) in [5, 5.41) is 6.12. The zero-order chi connectivity index (χ0) is 15.3. The van der Waals surface area contributed by atoms with Crippen molar-refractivity contribution >= 4 is 23.4 Å². The summed E-state index contributed by atoms with van der Waals surface area (Å²) in [6.45, 7) is 8.45. The lowest BCUT2D eigenvalue weighted by atomic mass is 10.2. The number of ether oxygens (including phenoxy) is 1. The van der Waals surface area contributed by atoms with E-state index in [2.05, 4.69) is 37.5 Å². The van der Waals surface area contributed by atoms with Crippen LogP contribution in [0.5, 0.6) is 0 Å². The number of amides is 1. The summed E-state index contributed by atoms with van der Waals surface area (Å²) >= 11 is 1.90. The minimum absolute atomic E-state index is 0.0321. The molecule has 2 rings (SSSR count). The van der Waals surface area contributed by atoms with Crippen molar-refractivity contribution in [3.63, 3.8) is 0 Å². The normalized spacial score (nSPS) is 19.3. The van der Waals surface area contributed by atoms with E-state index in [0.717, 1.165) is 18.0 Å². The van der Waals surface area contributed by atoms with Crippen molar-refractivity contribution in [1.82, 2.24) is 5.32 Å². The van der Waals surface area contributed by atoms with Gasteiger partial charge < -0.3 is 15.4 Å². The minimum atomic E-state index is -0.258. The van der Waals surface area contributed by atoms with Crippen molar-refractivity contribution in [3.05, 3.63) is 29.8 Å². The van der Waals surface area contributed by atoms with Crippen molar-refractivity contribution < 1.29 is 9.53 Å². The van der Waals surface area contributed by atoms with E-state index in [1.54, 1.807) is 0 Å². The number of carbonyl (C=O) groups excluding carboxylic acids is 1. The quantitative estimate of drug-likeness (QED) is 0.898. The molecule has 21 heavy (non-hydrogen) atoms. The van der Waals surface area contributed by atoms with Gasteiger partial charge in [-0.2, -0.15) is 11.8 Å². The number of rotatable bonds is 4. The van der Waals surface area contributed by atoms with Crippen LogP contribution in [0.15, 0.2) is 24.3 Å². The zero-order valence-corrected chi connectivity index (χ0v) is 13.8. The number of morpholine rings is 1. The third kappa shape index (κ3) is 5.69. The van der Waals surface area contributed by atoms with Gasteiger partial charge in [-0.25, -0.2) is 0 Å². The molecular formula is C16H24N2O2S. The lowest BCUT2D eigenvalue weighted by Gasteiger charge is -2.23. The molecule has 1 heterocycles. The maximum Gasteiger partial charge on any atom is 0.243 e. The van der Waals surface area contributed by atoms with E-state index in [1.165, 1.54) is 5.56 Å². The summed E-state index contributed by atoms with van der Waals surface area (Å²) in [5.41, 5.74) is 2.07. The van der Waals surface area contributed by atoms with E-state index >= 15 is 0 Å². The van der Waals surface area contributed by atoms with Crippen LogP contribution >= 0.6 is 11.8 Å². The van der Waals surface area contributed by atoms with Crippen molar-refractivity contribution in [2.24, 2.45) is 0 Å². The summed E-state index contributed by atoms with van der Waals surface area (Å²) in [5.74, 6) is 0.910. The van der Waals surface area contributed by atoms with Crippen LogP contribution in [-0.4, -0.2) is 36.5 Å². The largest absolute Gasteiger partial charge is 0.378 e. The predicted octanol–water partition coefficient (Wildman–Crippen LogP) is 2.65. The predicted molar refractivity (Wildman–Crippen MR) is 88.7 cm³/mol. The number of benzene rings is 1. The molecule has 4 nitrogen and oxygen atoms in total. The SMILES string of the molecule is CC(C)(C)SCc1cccc(NC(=O)C2COCCN2)c1. The van der Waals surface area contributed by atoms with Crippen molar-refractivity contribution in [3.8, 4) is 0 Å². The molecule has 0 aromatic heterocycles. The molecule has 1 aliphatic heterocycles. The summed E-state index contributed by atoms with van der Waals surface area (Å²) in [6.07, 6.45) is 0. The van der Waals surface area contributed by atoms with Gasteiger partial charge in [0.25, 0.3) is 0 Å². The standard InChI is InChI=1S/C16H24N2O2S/c1-16(2,3)21-11-12-5-4-6-13(9-12)18-15(19)14-10-20-8-7-17-14/h4-6,9,14,17H,7-8,10-11H2,1-3H3,(H,18,19). The van der Waals surface area contributed by atoms with E-state index in [1.807, 2.05) is 30.0 Å². The fraction of sp³-hybridized carbons (Fsp3) is 0.562. The Labute approximate surface area is 131 Å². The summed E-state index contributed by atoms with van der Waals surface area (Å²) in [4.78, 5) is 12.1. The highest BCUT2D eigenvalue weighted by atomic mass is 32.2. The lowest BCUT2D eigenvalue weighted by Crippen LogP contribution is -2.48. The second kappa shape index (κ2) is 7.29. The Kier molecular flexibility index (Phi) is 5.67. The maximum atomic E-state index is 12.1. The molecule has 1 aromatic rings. The van der Waals surface area contributed by atoms with Gasteiger partial charge in [-0.05, 0) is 17.7 Å². The number of anilines is 1. The molecule has 0 spiro atoms. The zero-order valence-electron chi connectivity index (χ0n) is 12.9. The Morgan fingerprint density at radius 1 is 1.48 bits per heavy atom. The van der Waals surface area contributed by atoms with Crippen LogP contribution in [0.3, 0.4) is 0 Å². The topological polar surface area (TPSA) is 50.4 Å².